The monoisotopic (exact) mass is 257 g/mol. The van der Waals surface area contributed by atoms with Gasteiger partial charge in [0.1, 0.15) is 0 Å². The maximum absolute atomic E-state index is 11.9. The Morgan fingerprint density at radius 2 is 2.06 bits per heavy atom. The third kappa shape index (κ3) is 3.62. The van der Waals surface area contributed by atoms with Crippen LogP contribution in [0.25, 0.3) is 0 Å². The molecule has 0 heterocycles. The Morgan fingerprint density at radius 1 is 1.39 bits per heavy atom. The molecule has 2 atom stereocenters. The van der Waals surface area contributed by atoms with Crippen LogP contribution < -0.4 is 0 Å². The number of carbonyl (C=O) groups is 2. The van der Waals surface area contributed by atoms with Crippen LogP contribution in [0.3, 0.4) is 0 Å². The van der Waals surface area contributed by atoms with Gasteiger partial charge in [-0.05, 0) is 25.7 Å². The summed E-state index contributed by atoms with van der Waals surface area (Å²) in [5, 5.41) is 9.20. The van der Waals surface area contributed by atoms with Gasteiger partial charge in [0.2, 0.25) is 0 Å². The van der Waals surface area contributed by atoms with E-state index >= 15 is 0 Å². The number of carbonyl (C=O) groups excluding carboxylic acids is 1. The Balaban J connectivity index is 2.80. The largest absolute Gasteiger partial charge is 0.481 e. The van der Waals surface area contributed by atoms with E-state index in [1.165, 1.54) is 0 Å². The van der Waals surface area contributed by atoms with Crippen LogP contribution in [0.2, 0.25) is 0 Å². The number of ether oxygens (including phenoxy) is 1. The van der Waals surface area contributed by atoms with Crippen molar-refractivity contribution in [3.63, 3.8) is 0 Å². The van der Waals surface area contributed by atoms with Gasteiger partial charge in [0.05, 0.1) is 12.5 Å². The van der Waals surface area contributed by atoms with Crippen molar-refractivity contribution >= 4 is 12.1 Å². The molecule has 1 N–H and O–H groups in total. The highest BCUT2D eigenvalue weighted by Crippen LogP contribution is 2.31. The van der Waals surface area contributed by atoms with Crippen LogP contribution in [0, 0.1) is 11.8 Å². The molecule has 1 aliphatic rings. The van der Waals surface area contributed by atoms with Gasteiger partial charge in [0.15, 0.2) is 0 Å². The van der Waals surface area contributed by atoms with Crippen LogP contribution in [-0.2, 0) is 9.53 Å². The predicted octanol–water partition coefficient (Wildman–Crippen LogP) is 2.35. The van der Waals surface area contributed by atoms with E-state index in [4.69, 9.17) is 4.74 Å². The minimum Gasteiger partial charge on any atom is -0.481 e. The first-order valence-electron chi connectivity index (χ1n) is 6.63. The molecule has 0 aromatic rings. The zero-order valence-electron chi connectivity index (χ0n) is 11.4. The lowest BCUT2D eigenvalue weighted by atomic mass is 10.0. The van der Waals surface area contributed by atoms with Gasteiger partial charge in [-0.15, -0.1) is 0 Å². The zero-order valence-corrected chi connectivity index (χ0v) is 11.4. The molecule has 1 saturated carbocycles. The second-order valence-corrected chi connectivity index (χ2v) is 5.19. The van der Waals surface area contributed by atoms with Gasteiger partial charge in [0, 0.05) is 12.6 Å². The Labute approximate surface area is 108 Å². The third-order valence-corrected chi connectivity index (χ3v) is 3.26. The van der Waals surface area contributed by atoms with Crippen molar-refractivity contribution in [3.05, 3.63) is 0 Å². The van der Waals surface area contributed by atoms with Gasteiger partial charge in [0.25, 0.3) is 0 Å². The van der Waals surface area contributed by atoms with E-state index in [0.29, 0.717) is 25.5 Å². The molecule has 18 heavy (non-hydrogen) atoms. The summed E-state index contributed by atoms with van der Waals surface area (Å²) in [7, 11) is 0. The highest BCUT2D eigenvalue weighted by Gasteiger charge is 2.39. The van der Waals surface area contributed by atoms with Gasteiger partial charge in [-0.2, -0.15) is 0 Å². The molecule has 0 saturated heterocycles. The lowest BCUT2D eigenvalue weighted by molar-refractivity contribution is -0.143. The average molecular weight is 257 g/mol. The van der Waals surface area contributed by atoms with Crippen molar-refractivity contribution in [1.82, 2.24) is 4.90 Å². The van der Waals surface area contributed by atoms with Crippen LogP contribution >= 0.6 is 0 Å². The number of rotatable bonds is 5. The maximum Gasteiger partial charge on any atom is 0.410 e. The maximum atomic E-state index is 11.9. The lowest BCUT2D eigenvalue weighted by Crippen LogP contribution is -2.46. The molecule has 1 fully saturated rings. The number of hydrogen-bond acceptors (Lipinski definition) is 3. The van der Waals surface area contributed by atoms with Crippen molar-refractivity contribution < 1.29 is 19.4 Å². The second-order valence-electron chi connectivity index (χ2n) is 5.19. The highest BCUT2D eigenvalue weighted by atomic mass is 16.6. The van der Waals surface area contributed by atoms with E-state index in [2.05, 4.69) is 0 Å². The molecule has 0 aromatic carbocycles. The molecule has 1 rings (SSSR count). The zero-order chi connectivity index (χ0) is 13.7. The third-order valence-electron chi connectivity index (χ3n) is 3.26. The molecule has 104 valence electrons. The molecule has 5 heteroatoms. The van der Waals surface area contributed by atoms with Crippen LogP contribution in [0.1, 0.15) is 40.0 Å². The Hall–Kier alpha value is -1.26. The van der Waals surface area contributed by atoms with Gasteiger partial charge < -0.3 is 14.7 Å². The van der Waals surface area contributed by atoms with E-state index in [1.54, 1.807) is 11.8 Å². The molecule has 0 aromatic heterocycles. The molecule has 0 radical (unpaired) electrons. The summed E-state index contributed by atoms with van der Waals surface area (Å²) in [6, 6.07) is -0.219. The second kappa shape index (κ2) is 6.61. The Morgan fingerprint density at radius 3 is 2.56 bits per heavy atom. The summed E-state index contributed by atoms with van der Waals surface area (Å²) in [5.41, 5.74) is 0. The number of hydrogen-bond donors (Lipinski definition) is 1. The van der Waals surface area contributed by atoms with Crippen molar-refractivity contribution in [2.45, 2.75) is 46.1 Å². The quantitative estimate of drug-likeness (QED) is 0.821. The Bertz CT molecular complexity index is 303. The number of amides is 1. The summed E-state index contributed by atoms with van der Waals surface area (Å²) in [5.74, 6) is -0.965. The van der Waals surface area contributed by atoms with Crippen LogP contribution in [0.15, 0.2) is 0 Å². The predicted molar refractivity (Wildman–Crippen MR) is 67.3 cm³/mol. The molecule has 5 nitrogen and oxygen atoms in total. The first-order valence-corrected chi connectivity index (χ1v) is 6.63. The molecule has 0 spiro atoms. The number of aliphatic carboxylic acids is 1. The fourth-order valence-corrected chi connectivity index (χ4v) is 2.55. The molecular formula is C13H23NO4. The molecule has 0 aliphatic heterocycles. The van der Waals surface area contributed by atoms with Crippen LogP contribution in [-0.4, -0.2) is 41.3 Å². The summed E-state index contributed by atoms with van der Waals surface area (Å²) < 4.78 is 5.04. The fraction of sp³-hybridized carbons (Fsp3) is 0.846. The van der Waals surface area contributed by atoms with E-state index in [9.17, 15) is 14.7 Å². The lowest BCUT2D eigenvalue weighted by Gasteiger charge is -2.32. The topological polar surface area (TPSA) is 66.8 Å². The SMILES string of the molecule is CCOC(=O)N(CC(C)C)C1CCCC1C(=O)O. The Kier molecular flexibility index (Phi) is 5.44. The number of carboxylic acids is 1. The molecule has 0 bridgehead atoms. The van der Waals surface area contributed by atoms with Crippen molar-refractivity contribution in [3.8, 4) is 0 Å². The first kappa shape index (κ1) is 14.8. The minimum atomic E-state index is -0.810. The average Bonchev–Trinajstić information content (AvgIpc) is 2.74. The number of nitrogens with zero attached hydrogens (tertiary/aromatic N) is 1. The minimum absolute atomic E-state index is 0.219. The fourth-order valence-electron chi connectivity index (χ4n) is 2.55. The smallest absolute Gasteiger partial charge is 0.410 e. The standard InChI is InChI=1S/C13H23NO4/c1-4-18-13(17)14(8-9(2)3)11-7-5-6-10(11)12(15)16/h9-11H,4-8H2,1-3H3,(H,15,16). The summed E-state index contributed by atoms with van der Waals surface area (Å²) in [6.07, 6.45) is 1.87. The van der Waals surface area contributed by atoms with Gasteiger partial charge in [-0.25, -0.2) is 4.79 Å². The number of carboxylic acid groups (broad SMARTS) is 1. The highest BCUT2D eigenvalue weighted by molar-refractivity contribution is 5.74. The van der Waals surface area contributed by atoms with E-state index in [1.807, 2.05) is 13.8 Å². The van der Waals surface area contributed by atoms with E-state index in [-0.39, 0.29) is 12.1 Å². The van der Waals surface area contributed by atoms with Gasteiger partial charge in [-0.1, -0.05) is 20.3 Å². The molecular weight excluding hydrogens is 234 g/mol. The summed E-state index contributed by atoms with van der Waals surface area (Å²) in [6.45, 7) is 6.65. The van der Waals surface area contributed by atoms with E-state index < -0.39 is 11.9 Å². The molecule has 1 amide bonds. The van der Waals surface area contributed by atoms with Gasteiger partial charge in [-0.3, -0.25) is 4.79 Å². The van der Waals surface area contributed by atoms with E-state index in [0.717, 1.165) is 12.8 Å². The molecule has 2 unspecified atom stereocenters. The van der Waals surface area contributed by atoms with Crippen molar-refractivity contribution in [2.75, 3.05) is 13.2 Å². The van der Waals surface area contributed by atoms with Crippen LogP contribution in [0.4, 0.5) is 4.79 Å². The van der Waals surface area contributed by atoms with Gasteiger partial charge >= 0.3 is 12.1 Å². The molecule has 1 aliphatic carbocycles. The van der Waals surface area contributed by atoms with Crippen molar-refractivity contribution in [2.24, 2.45) is 11.8 Å². The van der Waals surface area contributed by atoms with Crippen molar-refractivity contribution in [1.29, 1.82) is 0 Å². The summed E-state index contributed by atoms with van der Waals surface area (Å²) >= 11 is 0. The normalized spacial score (nSPS) is 23.1. The summed E-state index contributed by atoms with van der Waals surface area (Å²) in [4.78, 5) is 24.8. The first-order chi connectivity index (χ1) is 8.47. The van der Waals surface area contributed by atoms with Crippen LogP contribution in [0.5, 0.6) is 0 Å².